The summed E-state index contributed by atoms with van der Waals surface area (Å²) >= 11 is 0. The van der Waals surface area contributed by atoms with Gasteiger partial charge in [-0.1, -0.05) is 0 Å². The van der Waals surface area contributed by atoms with Gasteiger partial charge in [0.05, 0.1) is 60.4 Å². The number of ether oxygens (including phenoxy) is 12. The Kier molecular flexibility index (Phi) is 35.5. The molecule has 1 aliphatic carbocycles. The highest BCUT2D eigenvalue weighted by molar-refractivity contribution is 5.87. The molecule has 0 aliphatic heterocycles. The first kappa shape index (κ1) is 89.3. The molecule has 0 fully saturated rings. The number of alkyl carbamates (subject to hydrolysis) is 6. The van der Waals surface area contributed by atoms with Gasteiger partial charge in [0, 0.05) is 38.9 Å². The fraction of sp³-hybridized carbons (Fsp3) is 0.583. The van der Waals surface area contributed by atoms with Crippen LogP contribution in [0.5, 0.6) is 34.5 Å². The van der Waals surface area contributed by atoms with Crippen molar-refractivity contribution in [2.75, 3.05) is 60.8 Å². The molecule has 0 aromatic heterocycles. The second-order valence-corrected chi connectivity index (χ2v) is 27.8. The van der Waals surface area contributed by atoms with E-state index in [0.717, 1.165) is 33.4 Å². The van der Waals surface area contributed by atoms with Crippen LogP contribution < -0.4 is 76.3 Å². The second kappa shape index (κ2) is 42.9. The third-order valence-corrected chi connectivity index (χ3v) is 15.0. The van der Waals surface area contributed by atoms with Crippen LogP contribution in [0.4, 0.5) is 28.8 Å². The molecule has 4 rings (SSSR count). The van der Waals surface area contributed by atoms with E-state index in [9.17, 15) is 72.9 Å². The number of methoxy groups -OCH3 is 3. The first-order chi connectivity index (χ1) is 50.6. The van der Waals surface area contributed by atoms with E-state index in [1.165, 1.54) is 42.1 Å². The molecule has 0 unspecified atom stereocenters. The van der Waals surface area contributed by atoms with Gasteiger partial charge in [-0.25, -0.2) is 28.8 Å². The lowest BCUT2D eigenvalue weighted by atomic mass is 9.94. The number of amides is 9. The lowest BCUT2D eigenvalue weighted by Crippen LogP contribution is -2.50. The summed E-state index contributed by atoms with van der Waals surface area (Å²) in [5, 5.41) is 50.3. The zero-order valence-electron chi connectivity index (χ0n) is 63.8. The van der Waals surface area contributed by atoms with Crippen LogP contribution in [0, 0.1) is 0 Å². The number of fused-ring (bicyclic) bond motifs is 3. The van der Waals surface area contributed by atoms with Gasteiger partial charge in [-0.3, -0.25) is 28.8 Å². The number of hydrogen-bond acceptors (Lipinski definition) is 24. The van der Waals surface area contributed by atoms with Gasteiger partial charge in [0.1, 0.15) is 34.9 Å². The molecule has 108 heavy (non-hydrogen) atoms. The molecule has 6 atom stereocenters. The monoisotopic (exact) mass is 1530 g/mol. The number of carbonyl (C=O) groups excluding carboxylic acids is 9. The molecule has 3 aromatic carbocycles. The van der Waals surface area contributed by atoms with Gasteiger partial charge in [0.15, 0.2) is 53.2 Å². The van der Waals surface area contributed by atoms with Crippen molar-refractivity contribution in [3.63, 3.8) is 0 Å². The molecule has 0 heterocycles. The van der Waals surface area contributed by atoms with Crippen molar-refractivity contribution in [1.29, 1.82) is 0 Å². The summed E-state index contributed by atoms with van der Waals surface area (Å²) in [6.07, 6.45) is -10.4. The van der Waals surface area contributed by atoms with E-state index >= 15 is 0 Å². The quantitative estimate of drug-likeness (QED) is 0.0122. The van der Waals surface area contributed by atoms with Crippen molar-refractivity contribution in [2.24, 2.45) is 0 Å². The number of carboxylic acid groups (broad SMARTS) is 3. The van der Waals surface area contributed by atoms with Crippen molar-refractivity contribution >= 4 is 72.2 Å². The summed E-state index contributed by atoms with van der Waals surface area (Å²) in [4.78, 5) is 149. The largest absolute Gasteiger partial charge is 0.493 e. The van der Waals surface area contributed by atoms with Gasteiger partial charge in [0.2, 0.25) is 17.7 Å². The first-order valence-corrected chi connectivity index (χ1v) is 35.0. The molecule has 0 saturated heterocycles. The van der Waals surface area contributed by atoms with E-state index in [2.05, 4.69) is 47.9 Å². The number of benzene rings is 3. The molecular weight excluding hydrogens is 1420 g/mol. The predicted molar refractivity (Wildman–Crippen MR) is 384 cm³/mol. The van der Waals surface area contributed by atoms with Gasteiger partial charge < -0.3 is 120 Å². The predicted octanol–water partition coefficient (Wildman–Crippen LogP) is 6.94. The maximum absolute atomic E-state index is 13.1. The zero-order chi connectivity index (χ0) is 80.6. The average molecular weight is 1530 g/mol. The van der Waals surface area contributed by atoms with Crippen LogP contribution in [0.3, 0.4) is 0 Å². The van der Waals surface area contributed by atoms with E-state index < -0.39 is 145 Å². The van der Waals surface area contributed by atoms with Gasteiger partial charge in [0.25, 0.3) is 0 Å². The highest BCUT2D eigenvalue weighted by Crippen LogP contribution is 2.41. The van der Waals surface area contributed by atoms with Crippen LogP contribution in [0.2, 0.25) is 0 Å². The Morgan fingerprint density at radius 2 is 0.574 bits per heavy atom. The summed E-state index contributed by atoms with van der Waals surface area (Å²) < 4.78 is 68.5. The third kappa shape index (κ3) is 34.0. The van der Waals surface area contributed by atoms with Gasteiger partial charge in [-0.2, -0.15) is 0 Å². The number of aliphatic carboxylic acids is 3. The minimum absolute atomic E-state index is 0.00289. The number of hydrogen-bond donors (Lipinski definition) is 12. The SMILES string of the molecule is COc1cc2c(cc1OCCCNC(=O)O[C@@H](CCC(=O)O)NC(=O)[C@H](C)NC(=O)OC(C)(C)C)Cc1cc(OC)c(OCCCNC(=O)O[C@@H](CCC(=O)O)NC(=O)[C@H](C)NC(=O)OC(C)(C)C)cc1Cc1cc(OC)c(OCCCNC(=O)O[C@@H](CCC(=O)O)NC(=O)[C@H](C)NC(=O)OC(C)(C)C)cc1C2. The normalized spacial score (nSPS) is 13.4. The number of carboxylic acids is 3. The standard InChI is InChI=1S/C72H105N9O27/c1-40(76-67(94)106-70(4,5)6)61(88)79-55(19-22-58(82)83)103-64(91)73-25-16-28-100-52-37-46-31-44-35-50(98-14)54(102-30-18-27-75-66(93)105-57(21-24-60(86)87)81-63(90)42(3)78-69(96)108-72(10,11)12)39-48(44)33-45-36-51(99-15)53(38-47(45)32-43(46)34-49(52)97-13)101-29-17-26-74-65(92)104-56(20-23-59(84)85)80-62(89)41(2)77-68(95)107-71(7,8)9/h34-42,55-57H,16-33H2,1-15H3,(H,73,91)(H,74,92)(H,75,93)(H,76,94)(H,77,95)(H,78,96)(H,79,88)(H,80,89)(H,81,90)(H,82,83)(H,84,85)(H,86,87)/t40-,41-,42-,55-,56-,57-/m0/s1. The van der Waals surface area contributed by atoms with E-state index in [1.54, 1.807) is 62.3 Å². The molecule has 9 amide bonds. The molecular formula is C72H105N9O27. The lowest BCUT2D eigenvalue weighted by Gasteiger charge is -2.23. The average Bonchev–Trinajstić information content (AvgIpc) is 1.58. The molecule has 600 valence electrons. The van der Waals surface area contributed by atoms with Crippen molar-refractivity contribution in [3.05, 3.63) is 69.8 Å². The molecule has 36 heteroatoms. The lowest BCUT2D eigenvalue weighted by molar-refractivity contribution is -0.139. The Morgan fingerprint density at radius 3 is 0.778 bits per heavy atom. The minimum atomic E-state index is -1.39. The van der Waals surface area contributed by atoms with Gasteiger partial charge >= 0.3 is 54.5 Å². The Balaban J connectivity index is 1.58. The molecule has 0 radical (unpaired) electrons. The second-order valence-electron chi connectivity index (χ2n) is 27.8. The summed E-state index contributed by atoms with van der Waals surface area (Å²) in [5.41, 5.74) is 2.27. The van der Waals surface area contributed by atoms with Crippen LogP contribution in [0.1, 0.15) is 174 Å². The van der Waals surface area contributed by atoms with E-state index in [-0.39, 0.29) is 78.0 Å². The molecule has 36 nitrogen and oxygen atoms in total. The zero-order valence-corrected chi connectivity index (χ0v) is 63.8. The Labute approximate surface area is 626 Å². The maximum Gasteiger partial charge on any atom is 0.409 e. The molecule has 0 bridgehead atoms. The number of nitrogens with one attached hydrogen (secondary N) is 9. The van der Waals surface area contributed by atoms with Crippen LogP contribution in [-0.4, -0.2) is 202 Å². The summed E-state index contributed by atoms with van der Waals surface area (Å²) in [5.74, 6) is -3.84. The van der Waals surface area contributed by atoms with E-state index in [4.69, 9.17) is 56.8 Å². The minimum Gasteiger partial charge on any atom is -0.493 e. The first-order valence-electron chi connectivity index (χ1n) is 35.0. The summed E-state index contributed by atoms with van der Waals surface area (Å²) in [6, 6.07) is 7.60. The molecule has 1 aliphatic rings. The van der Waals surface area contributed by atoms with Crippen molar-refractivity contribution in [2.45, 2.75) is 214 Å². The molecule has 3 aromatic rings. The van der Waals surface area contributed by atoms with Gasteiger partial charge in [-0.05, 0) is 191 Å². The fourth-order valence-corrected chi connectivity index (χ4v) is 9.95. The fourth-order valence-electron chi connectivity index (χ4n) is 9.95. The van der Waals surface area contributed by atoms with Gasteiger partial charge in [-0.15, -0.1) is 0 Å². The summed E-state index contributed by atoms with van der Waals surface area (Å²) in [6.45, 7) is 19.0. The van der Waals surface area contributed by atoms with Crippen LogP contribution in [0.15, 0.2) is 36.4 Å². The third-order valence-electron chi connectivity index (χ3n) is 15.0. The van der Waals surface area contributed by atoms with Crippen LogP contribution in [0.25, 0.3) is 0 Å². The number of carbonyl (C=O) groups is 12. The Hall–Kier alpha value is -11.1. The van der Waals surface area contributed by atoms with Crippen LogP contribution in [-0.2, 0) is 76.5 Å². The molecule has 0 spiro atoms. The Bertz CT molecular complexity index is 3240. The summed E-state index contributed by atoms with van der Waals surface area (Å²) in [7, 11) is 4.43. The van der Waals surface area contributed by atoms with Crippen molar-refractivity contribution in [1.82, 2.24) is 47.9 Å². The highest BCUT2D eigenvalue weighted by atomic mass is 16.6. The van der Waals surface area contributed by atoms with Crippen molar-refractivity contribution in [3.8, 4) is 34.5 Å². The topological polar surface area (TPSA) is 485 Å². The Morgan fingerprint density at radius 1 is 0.352 bits per heavy atom. The van der Waals surface area contributed by atoms with E-state index in [0.29, 0.717) is 53.8 Å². The van der Waals surface area contributed by atoms with E-state index in [1.807, 2.05) is 36.4 Å². The molecule has 12 N–H and O–H groups in total. The smallest absolute Gasteiger partial charge is 0.409 e. The highest BCUT2D eigenvalue weighted by Gasteiger charge is 2.30. The van der Waals surface area contributed by atoms with Crippen molar-refractivity contribution < 1.29 is 130 Å². The van der Waals surface area contributed by atoms with Crippen LogP contribution >= 0.6 is 0 Å². The molecule has 0 saturated carbocycles. The number of rotatable bonds is 39. The maximum atomic E-state index is 13.1.